The molecule has 2 rings (SSSR count). The summed E-state index contributed by atoms with van der Waals surface area (Å²) in [5.41, 5.74) is -16.5. The lowest BCUT2D eigenvalue weighted by Gasteiger charge is -2.09. The van der Waals surface area contributed by atoms with Gasteiger partial charge in [0.2, 0.25) is 0 Å². The van der Waals surface area contributed by atoms with Crippen molar-refractivity contribution in [2.24, 2.45) is 0 Å². The van der Waals surface area contributed by atoms with Crippen molar-refractivity contribution in [1.82, 2.24) is 9.97 Å². The number of carbonyl (C=O) groups excluding carboxylic acids is 1. The first kappa shape index (κ1) is 33.7. The predicted molar refractivity (Wildman–Crippen MR) is 106 cm³/mol. The maximum absolute atomic E-state index is 12.4. The van der Waals surface area contributed by atoms with Crippen molar-refractivity contribution < 1.29 is 82.1 Å². The fourth-order valence-corrected chi connectivity index (χ4v) is 4.96. The molecule has 0 saturated carbocycles. The van der Waals surface area contributed by atoms with Crippen LogP contribution in [0.5, 0.6) is 5.88 Å². The number of nitrogens with zero attached hydrogens (tertiary/aromatic N) is 2. The molecule has 0 unspecified atom stereocenters. The number of carbonyl (C=O) groups is 1. The number of hydrogen-bond donors (Lipinski definition) is 0. The summed E-state index contributed by atoms with van der Waals surface area (Å²) in [6.45, 7) is 1.42. The summed E-state index contributed by atoms with van der Waals surface area (Å²) in [7, 11) is -19.7. The maximum Gasteiger partial charge on any atom is 0.534 e. The SMILES string of the molecule is CCOC(=O)c1sc(-c2cscn2)nc1OS(=O)(=O)C(F)(F)F.O=S(=O)(OS(=O)(=O)C(F)(F)F)C(F)(F)F. The fourth-order valence-electron chi connectivity index (χ4n) is 1.46. The van der Waals surface area contributed by atoms with Gasteiger partial charge in [0.25, 0.3) is 5.88 Å². The zero-order valence-corrected chi connectivity index (χ0v) is 21.4. The van der Waals surface area contributed by atoms with E-state index in [1.807, 2.05) is 3.63 Å². The Morgan fingerprint density at radius 3 is 1.71 bits per heavy atom. The van der Waals surface area contributed by atoms with Gasteiger partial charge in [-0.1, -0.05) is 0 Å². The number of ether oxygens (including phenoxy) is 1. The first-order valence-corrected chi connectivity index (χ1v) is 14.3. The number of alkyl halides is 9. The molecule has 0 aliphatic heterocycles. The number of thiazole rings is 2. The molecule has 2 heterocycles. The third-order valence-electron chi connectivity index (χ3n) is 2.93. The minimum absolute atomic E-state index is 0.0293. The van der Waals surface area contributed by atoms with E-state index in [0.29, 0.717) is 11.3 Å². The van der Waals surface area contributed by atoms with Crippen molar-refractivity contribution in [3.8, 4) is 16.6 Å². The number of halogens is 9. The van der Waals surface area contributed by atoms with Gasteiger partial charge in [0, 0.05) is 5.38 Å². The molecular formula is C12H7F9N2O10S5. The number of rotatable bonds is 7. The van der Waals surface area contributed by atoms with Crippen LogP contribution in [0.3, 0.4) is 0 Å². The van der Waals surface area contributed by atoms with Gasteiger partial charge in [0.05, 0.1) is 12.1 Å². The van der Waals surface area contributed by atoms with Crippen LogP contribution in [0.4, 0.5) is 39.5 Å². The minimum atomic E-state index is -6.85. The standard InChI is InChI=1S/C10H7F3N2O5S3.C2F6O5S2/c1-2-19-9(16)6-7(20-23(17,18)10(11,12)13)15-8(22-6)5-3-21-4-14-5;3-1(4,5)14(9,10)13-15(11,12)2(6,7)8/h3-4H,2H2,1H3;. The van der Waals surface area contributed by atoms with Crippen LogP contribution < -0.4 is 4.18 Å². The van der Waals surface area contributed by atoms with Crippen molar-refractivity contribution in [3.63, 3.8) is 0 Å². The number of hydrogen-bond acceptors (Lipinski definition) is 14. The summed E-state index contributed by atoms with van der Waals surface area (Å²) in [5, 5.41) is 1.55. The van der Waals surface area contributed by atoms with Crippen molar-refractivity contribution in [2.45, 2.75) is 23.4 Å². The zero-order valence-electron chi connectivity index (χ0n) is 17.3. The summed E-state index contributed by atoms with van der Waals surface area (Å²) < 4.78 is 178. The molecule has 0 aliphatic rings. The van der Waals surface area contributed by atoms with E-state index in [1.54, 1.807) is 0 Å². The highest BCUT2D eigenvalue weighted by molar-refractivity contribution is 8.00. The average Bonchev–Trinajstić information content (AvgIpc) is 3.34. The van der Waals surface area contributed by atoms with E-state index in [4.69, 9.17) is 0 Å². The fraction of sp³-hybridized carbons (Fsp3) is 0.417. The molecule has 218 valence electrons. The third-order valence-corrected chi connectivity index (χ3v) is 8.06. The largest absolute Gasteiger partial charge is 0.534 e. The summed E-state index contributed by atoms with van der Waals surface area (Å²) in [6, 6.07) is 0. The molecule has 0 fully saturated rings. The normalized spacial score (nSPS) is 13.4. The monoisotopic (exact) mass is 670 g/mol. The van der Waals surface area contributed by atoms with E-state index in [-0.39, 0.29) is 17.3 Å². The van der Waals surface area contributed by atoms with Gasteiger partial charge in [-0.05, 0) is 6.92 Å². The van der Waals surface area contributed by atoms with Crippen molar-refractivity contribution in [2.75, 3.05) is 6.61 Å². The lowest BCUT2D eigenvalue weighted by atomic mass is 10.5. The van der Waals surface area contributed by atoms with Gasteiger partial charge in [0.1, 0.15) is 10.7 Å². The molecule has 0 amide bonds. The lowest BCUT2D eigenvalue weighted by molar-refractivity contribution is -0.0586. The van der Waals surface area contributed by atoms with Gasteiger partial charge in [-0.25, -0.2) is 9.78 Å². The molecule has 0 bridgehead atoms. The van der Waals surface area contributed by atoms with E-state index in [9.17, 15) is 69.6 Å². The van der Waals surface area contributed by atoms with Crippen LogP contribution in [0, 0.1) is 0 Å². The molecule has 0 N–H and O–H groups in total. The van der Waals surface area contributed by atoms with Gasteiger partial charge in [-0.2, -0.15) is 69.8 Å². The average molecular weight is 671 g/mol. The molecule has 0 aromatic carbocycles. The van der Waals surface area contributed by atoms with Crippen molar-refractivity contribution in [3.05, 3.63) is 15.8 Å². The highest BCUT2D eigenvalue weighted by Crippen LogP contribution is 2.36. The molecule has 2 aromatic heterocycles. The van der Waals surface area contributed by atoms with E-state index in [1.165, 1.54) is 29.2 Å². The van der Waals surface area contributed by atoms with Crippen LogP contribution in [0.25, 0.3) is 10.7 Å². The Labute approximate surface area is 213 Å². The first-order valence-electron chi connectivity index (χ1n) is 8.27. The lowest BCUT2D eigenvalue weighted by Crippen LogP contribution is -2.34. The molecule has 0 radical (unpaired) electrons. The predicted octanol–water partition coefficient (Wildman–Crippen LogP) is 3.37. The van der Waals surface area contributed by atoms with Crippen LogP contribution in [0.1, 0.15) is 16.6 Å². The van der Waals surface area contributed by atoms with Crippen molar-refractivity contribution >= 4 is 59.0 Å². The Kier molecular flexibility index (Phi) is 10.2. The first-order chi connectivity index (χ1) is 16.9. The Bertz CT molecular complexity index is 1400. The summed E-state index contributed by atoms with van der Waals surface area (Å²) >= 11 is 1.80. The maximum atomic E-state index is 12.4. The van der Waals surface area contributed by atoms with Crippen LogP contribution in [-0.2, 0) is 38.7 Å². The van der Waals surface area contributed by atoms with Gasteiger partial charge >= 0.3 is 52.8 Å². The summed E-state index contributed by atoms with van der Waals surface area (Å²) in [6.07, 6.45) is 0. The Morgan fingerprint density at radius 2 is 1.34 bits per heavy atom. The molecule has 0 aliphatic carbocycles. The molecule has 38 heavy (non-hydrogen) atoms. The Morgan fingerprint density at radius 1 is 0.868 bits per heavy atom. The number of aromatic nitrogens is 2. The summed E-state index contributed by atoms with van der Waals surface area (Å²) in [5.74, 6) is -2.03. The third kappa shape index (κ3) is 8.35. The van der Waals surface area contributed by atoms with Crippen molar-refractivity contribution in [1.29, 1.82) is 0 Å². The molecular weight excluding hydrogens is 663 g/mol. The van der Waals surface area contributed by atoms with Gasteiger partial charge in [-0.3, -0.25) is 0 Å². The second-order valence-corrected chi connectivity index (χ2v) is 12.1. The van der Waals surface area contributed by atoms with E-state index < -0.39 is 63.6 Å². The van der Waals surface area contributed by atoms with E-state index >= 15 is 0 Å². The second-order valence-electron chi connectivity index (χ2n) is 5.60. The molecule has 12 nitrogen and oxygen atoms in total. The minimum Gasteiger partial charge on any atom is -0.462 e. The highest BCUT2D eigenvalue weighted by atomic mass is 32.3. The Hall–Kier alpha value is -2.29. The van der Waals surface area contributed by atoms with Gasteiger partial charge < -0.3 is 8.92 Å². The molecule has 0 spiro atoms. The van der Waals surface area contributed by atoms with E-state index in [0.717, 1.165) is 0 Å². The van der Waals surface area contributed by atoms with E-state index in [2.05, 4.69) is 18.9 Å². The summed E-state index contributed by atoms with van der Waals surface area (Å²) in [4.78, 5) is 18.8. The second kappa shape index (κ2) is 11.4. The van der Waals surface area contributed by atoms with Crippen LogP contribution in [0.2, 0.25) is 0 Å². The van der Waals surface area contributed by atoms with Crippen LogP contribution in [0.15, 0.2) is 10.9 Å². The zero-order chi connectivity index (χ0) is 30.0. The Balaban J connectivity index is 0.000000420. The molecule has 2 aromatic rings. The molecule has 0 atom stereocenters. The van der Waals surface area contributed by atoms with Crippen LogP contribution in [-0.4, -0.2) is 64.3 Å². The van der Waals surface area contributed by atoms with Crippen LogP contribution >= 0.6 is 22.7 Å². The smallest absolute Gasteiger partial charge is 0.462 e. The topological polar surface area (TPSA) is 173 Å². The van der Waals surface area contributed by atoms with Gasteiger partial charge in [-0.15, -0.1) is 26.3 Å². The quantitative estimate of drug-likeness (QED) is 0.182. The number of esters is 1. The highest BCUT2D eigenvalue weighted by Gasteiger charge is 2.57. The molecule has 0 saturated heterocycles. The van der Waals surface area contributed by atoms with Gasteiger partial charge in [0.15, 0.2) is 4.88 Å². The molecule has 26 heteroatoms.